The van der Waals surface area contributed by atoms with Crippen LogP contribution in [0.4, 0.5) is 0 Å². The highest BCUT2D eigenvalue weighted by atomic mass is 32.2. The quantitative estimate of drug-likeness (QED) is 0.174. The summed E-state index contributed by atoms with van der Waals surface area (Å²) in [4.78, 5) is 33.0. The molecule has 0 saturated carbocycles. The van der Waals surface area contributed by atoms with E-state index in [4.69, 9.17) is 4.98 Å². The molecule has 9 heteroatoms. The third-order valence-corrected chi connectivity index (χ3v) is 8.01. The summed E-state index contributed by atoms with van der Waals surface area (Å²) in [7, 11) is 0. The number of carbonyl (C=O) groups is 1. The predicted octanol–water partition coefficient (Wildman–Crippen LogP) is 4.52. The van der Waals surface area contributed by atoms with Gasteiger partial charge in [0.15, 0.2) is 5.16 Å². The van der Waals surface area contributed by atoms with Crippen molar-refractivity contribution in [3.8, 4) is 11.4 Å². The van der Waals surface area contributed by atoms with Crippen LogP contribution in [-0.4, -0.2) is 32.5 Å². The minimum atomic E-state index is -0.320. The standard InChI is InChI=1S/C26H24N4O3S2/c1-16-10-11-20-21(12-16)35-24-23(20)25(33)30(18-7-3-2-4-8-18)26(28-24)34-15-22(32)29-27-14-17-6-5-9-19(31)13-17/h2-9,13-14,16,31H,10-12,15H2,1H3,(H,29,32)/b27-14+. The summed E-state index contributed by atoms with van der Waals surface area (Å²) in [6, 6.07) is 16.0. The summed E-state index contributed by atoms with van der Waals surface area (Å²) >= 11 is 2.81. The van der Waals surface area contributed by atoms with Crippen LogP contribution in [0, 0.1) is 5.92 Å². The Balaban J connectivity index is 1.43. The molecule has 0 spiro atoms. The molecule has 0 radical (unpaired) electrons. The number of hydrogen-bond donors (Lipinski definition) is 2. The van der Waals surface area contributed by atoms with Crippen molar-refractivity contribution in [1.29, 1.82) is 0 Å². The van der Waals surface area contributed by atoms with Crippen LogP contribution in [-0.2, 0) is 17.6 Å². The zero-order valence-corrected chi connectivity index (χ0v) is 20.7. The van der Waals surface area contributed by atoms with Gasteiger partial charge in [-0.3, -0.25) is 14.2 Å². The minimum absolute atomic E-state index is 0.0459. The lowest BCUT2D eigenvalue weighted by molar-refractivity contribution is -0.118. The van der Waals surface area contributed by atoms with Crippen LogP contribution in [0.1, 0.15) is 29.3 Å². The van der Waals surface area contributed by atoms with Gasteiger partial charge in [-0.1, -0.05) is 49.0 Å². The largest absolute Gasteiger partial charge is 0.508 e. The van der Waals surface area contributed by atoms with Gasteiger partial charge in [0.25, 0.3) is 11.5 Å². The molecule has 178 valence electrons. The van der Waals surface area contributed by atoms with E-state index in [9.17, 15) is 14.7 Å². The third kappa shape index (κ3) is 5.01. The van der Waals surface area contributed by atoms with Gasteiger partial charge in [-0.2, -0.15) is 5.10 Å². The molecule has 0 bridgehead atoms. The first-order valence-corrected chi connectivity index (χ1v) is 13.2. The Morgan fingerprint density at radius 3 is 2.91 bits per heavy atom. The van der Waals surface area contributed by atoms with Crippen molar-refractivity contribution >= 4 is 45.4 Å². The minimum Gasteiger partial charge on any atom is -0.508 e. The molecule has 4 aromatic rings. The summed E-state index contributed by atoms with van der Waals surface area (Å²) in [5, 5.41) is 14.7. The van der Waals surface area contributed by atoms with Crippen molar-refractivity contribution in [3.05, 3.63) is 81.0 Å². The first-order chi connectivity index (χ1) is 17.0. The SMILES string of the molecule is CC1CCc2c(sc3nc(SCC(=O)N/N=C/c4cccc(O)c4)n(-c4ccccc4)c(=O)c23)C1. The zero-order chi connectivity index (χ0) is 24.4. The lowest BCUT2D eigenvalue weighted by Crippen LogP contribution is -2.24. The highest BCUT2D eigenvalue weighted by Gasteiger charge is 2.25. The maximum Gasteiger partial charge on any atom is 0.267 e. The predicted molar refractivity (Wildman–Crippen MR) is 141 cm³/mol. The molecule has 1 unspecified atom stereocenters. The van der Waals surface area contributed by atoms with E-state index >= 15 is 0 Å². The fraction of sp³-hybridized carbons (Fsp3) is 0.231. The molecule has 1 aliphatic rings. The van der Waals surface area contributed by atoms with E-state index in [2.05, 4.69) is 17.5 Å². The van der Waals surface area contributed by atoms with Crippen molar-refractivity contribution in [2.24, 2.45) is 11.0 Å². The van der Waals surface area contributed by atoms with E-state index in [0.29, 0.717) is 22.0 Å². The Morgan fingerprint density at radius 1 is 1.29 bits per heavy atom. The van der Waals surface area contributed by atoms with Crippen molar-refractivity contribution in [2.75, 3.05) is 5.75 Å². The molecular weight excluding hydrogens is 480 g/mol. The molecule has 0 saturated heterocycles. The number of thiophene rings is 1. The number of nitrogens with one attached hydrogen (secondary N) is 1. The van der Waals surface area contributed by atoms with Gasteiger partial charge in [0.05, 0.1) is 23.0 Å². The fourth-order valence-corrected chi connectivity index (χ4v) is 6.45. The normalized spacial score (nSPS) is 15.4. The number of phenols is 1. The van der Waals surface area contributed by atoms with E-state index in [-0.39, 0.29) is 23.0 Å². The Morgan fingerprint density at radius 2 is 2.11 bits per heavy atom. The summed E-state index contributed by atoms with van der Waals surface area (Å²) in [6.45, 7) is 2.24. The number of hydrazone groups is 1. The van der Waals surface area contributed by atoms with E-state index in [1.54, 1.807) is 40.2 Å². The molecule has 2 aromatic heterocycles. The van der Waals surface area contributed by atoms with E-state index in [0.717, 1.165) is 35.3 Å². The zero-order valence-electron chi connectivity index (χ0n) is 19.1. The Bertz CT molecular complexity index is 1480. The molecule has 2 aromatic carbocycles. The van der Waals surface area contributed by atoms with Gasteiger partial charge in [-0.25, -0.2) is 10.4 Å². The van der Waals surface area contributed by atoms with Gasteiger partial charge < -0.3 is 5.11 Å². The van der Waals surface area contributed by atoms with Gasteiger partial charge in [0.1, 0.15) is 10.6 Å². The van der Waals surface area contributed by atoms with Crippen molar-refractivity contribution in [2.45, 2.75) is 31.3 Å². The summed E-state index contributed by atoms with van der Waals surface area (Å²) in [6.07, 6.45) is 4.41. The molecule has 7 nitrogen and oxygen atoms in total. The molecule has 5 rings (SSSR count). The van der Waals surface area contributed by atoms with Crippen molar-refractivity contribution < 1.29 is 9.90 Å². The number of benzene rings is 2. The van der Waals surface area contributed by atoms with E-state index < -0.39 is 0 Å². The molecule has 35 heavy (non-hydrogen) atoms. The molecular formula is C26H24N4O3S2. The first kappa shape index (κ1) is 23.3. The van der Waals surface area contributed by atoms with Gasteiger partial charge in [-0.15, -0.1) is 11.3 Å². The number of rotatable bonds is 6. The average molecular weight is 505 g/mol. The summed E-state index contributed by atoms with van der Waals surface area (Å²) in [5.41, 5.74) is 4.94. The highest BCUT2D eigenvalue weighted by Crippen LogP contribution is 2.37. The number of aromatic nitrogens is 2. The fourth-order valence-electron chi connectivity index (χ4n) is 4.22. The number of aromatic hydroxyl groups is 1. The number of amides is 1. The van der Waals surface area contributed by atoms with Gasteiger partial charge in [0, 0.05) is 4.88 Å². The molecule has 2 N–H and O–H groups in total. The second-order valence-electron chi connectivity index (χ2n) is 8.58. The number of phenolic OH excluding ortho intramolecular Hbond substituents is 1. The Kier molecular flexibility index (Phi) is 6.70. The number of fused-ring (bicyclic) bond motifs is 3. The van der Waals surface area contributed by atoms with E-state index in [1.165, 1.54) is 22.9 Å². The van der Waals surface area contributed by atoms with Crippen LogP contribution >= 0.6 is 23.1 Å². The number of thioether (sulfide) groups is 1. The highest BCUT2D eigenvalue weighted by molar-refractivity contribution is 7.99. The summed E-state index contributed by atoms with van der Waals surface area (Å²) in [5.74, 6) is 0.454. The Hall–Kier alpha value is -3.43. The topological polar surface area (TPSA) is 96.6 Å². The maximum atomic E-state index is 13.7. The second kappa shape index (κ2) is 10.1. The summed E-state index contributed by atoms with van der Waals surface area (Å²) < 4.78 is 1.61. The lowest BCUT2D eigenvalue weighted by atomic mass is 9.89. The lowest BCUT2D eigenvalue weighted by Gasteiger charge is -2.17. The van der Waals surface area contributed by atoms with E-state index in [1.807, 2.05) is 30.3 Å². The van der Waals surface area contributed by atoms with Crippen LogP contribution in [0.25, 0.3) is 15.9 Å². The van der Waals surface area contributed by atoms with Crippen LogP contribution in [0.5, 0.6) is 5.75 Å². The molecule has 2 heterocycles. The number of aryl methyl sites for hydroxylation is 1. The van der Waals surface area contributed by atoms with Crippen LogP contribution in [0.2, 0.25) is 0 Å². The monoisotopic (exact) mass is 504 g/mol. The molecule has 1 amide bonds. The molecule has 0 aliphatic heterocycles. The van der Waals surface area contributed by atoms with Crippen LogP contribution in [0.15, 0.2) is 69.6 Å². The average Bonchev–Trinajstić information content (AvgIpc) is 3.21. The van der Waals surface area contributed by atoms with Gasteiger partial charge in [-0.05, 0) is 60.6 Å². The molecule has 1 aliphatic carbocycles. The molecule has 0 fully saturated rings. The first-order valence-electron chi connectivity index (χ1n) is 11.4. The third-order valence-electron chi connectivity index (χ3n) is 5.92. The Labute approximate surface area is 210 Å². The van der Waals surface area contributed by atoms with Crippen LogP contribution < -0.4 is 11.0 Å². The number of hydrogen-bond acceptors (Lipinski definition) is 7. The van der Waals surface area contributed by atoms with Crippen molar-refractivity contribution in [3.63, 3.8) is 0 Å². The van der Waals surface area contributed by atoms with Gasteiger partial charge >= 0.3 is 0 Å². The smallest absolute Gasteiger partial charge is 0.267 e. The number of carbonyl (C=O) groups excluding carboxylic acids is 1. The van der Waals surface area contributed by atoms with Crippen LogP contribution in [0.3, 0.4) is 0 Å². The van der Waals surface area contributed by atoms with Crippen molar-refractivity contribution in [1.82, 2.24) is 15.0 Å². The number of nitrogens with zero attached hydrogens (tertiary/aromatic N) is 3. The second-order valence-corrected chi connectivity index (χ2v) is 10.6. The number of para-hydroxylation sites is 1. The van der Waals surface area contributed by atoms with Gasteiger partial charge in [0.2, 0.25) is 0 Å². The molecule has 1 atom stereocenters. The maximum absolute atomic E-state index is 13.7.